The zero-order valence-corrected chi connectivity index (χ0v) is 12.3. The van der Waals surface area contributed by atoms with Crippen LogP contribution in [0, 0.1) is 11.8 Å². The molecule has 1 saturated carbocycles. The molecule has 1 aliphatic carbocycles. The van der Waals surface area contributed by atoms with Crippen molar-refractivity contribution in [2.75, 3.05) is 13.1 Å². The van der Waals surface area contributed by atoms with Crippen molar-refractivity contribution in [3.05, 3.63) is 35.4 Å². The van der Waals surface area contributed by atoms with E-state index in [0.29, 0.717) is 0 Å². The Morgan fingerprint density at radius 2 is 1.63 bits per heavy atom. The first-order valence-corrected chi connectivity index (χ1v) is 8.15. The largest absolute Gasteiger partial charge is 0.299 e. The number of likely N-dealkylation sites (tertiary alicyclic amines) is 1. The third-order valence-corrected chi connectivity index (χ3v) is 5.05. The molecule has 1 aromatic rings. The van der Waals surface area contributed by atoms with Gasteiger partial charge in [-0.05, 0) is 48.6 Å². The molecule has 1 saturated heterocycles. The second-order valence-corrected chi connectivity index (χ2v) is 6.57. The molecular weight excluding hydrogens is 230 g/mol. The molecule has 1 heterocycles. The normalized spacial score (nSPS) is 26.8. The minimum Gasteiger partial charge on any atom is -0.299 e. The van der Waals surface area contributed by atoms with Crippen LogP contribution in [0.2, 0.25) is 0 Å². The van der Waals surface area contributed by atoms with Crippen LogP contribution in [0.5, 0.6) is 0 Å². The highest BCUT2D eigenvalue weighted by Gasteiger charge is 2.35. The van der Waals surface area contributed by atoms with Crippen LogP contribution < -0.4 is 0 Å². The number of aryl methyl sites for hydroxylation is 1. The number of rotatable bonds is 5. The topological polar surface area (TPSA) is 3.24 Å². The van der Waals surface area contributed by atoms with E-state index >= 15 is 0 Å². The summed E-state index contributed by atoms with van der Waals surface area (Å²) in [6.45, 7) is 6.13. The summed E-state index contributed by atoms with van der Waals surface area (Å²) in [6, 6.07) is 9.36. The number of nitrogens with zero attached hydrogens (tertiary/aromatic N) is 1. The van der Waals surface area contributed by atoms with E-state index in [1.165, 1.54) is 69.3 Å². The summed E-state index contributed by atoms with van der Waals surface area (Å²) in [5.74, 6) is 2.03. The standard InChI is InChI=1S/C18H27N/c1-2-3-5-15-8-10-16(11-9-15)12-19-13-17-6-4-7-18(17)14-19/h8-11,17-18H,2-7,12-14H2,1H3. The summed E-state index contributed by atoms with van der Waals surface area (Å²) in [5, 5.41) is 0. The van der Waals surface area contributed by atoms with Crippen LogP contribution in [0.3, 0.4) is 0 Å². The maximum absolute atomic E-state index is 2.68. The van der Waals surface area contributed by atoms with Crippen LogP contribution in [0.15, 0.2) is 24.3 Å². The van der Waals surface area contributed by atoms with Crippen LogP contribution in [-0.2, 0) is 13.0 Å². The van der Waals surface area contributed by atoms with Crippen molar-refractivity contribution < 1.29 is 0 Å². The zero-order chi connectivity index (χ0) is 13.1. The van der Waals surface area contributed by atoms with Gasteiger partial charge in [0.1, 0.15) is 0 Å². The number of fused-ring (bicyclic) bond motifs is 1. The monoisotopic (exact) mass is 257 g/mol. The van der Waals surface area contributed by atoms with E-state index in [4.69, 9.17) is 0 Å². The highest BCUT2D eigenvalue weighted by molar-refractivity contribution is 5.22. The van der Waals surface area contributed by atoms with Crippen molar-refractivity contribution in [1.82, 2.24) is 4.90 Å². The second-order valence-electron chi connectivity index (χ2n) is 6.57. The fourth-order valence-corrected chi connectivity index (χ4v) is 3.91. The summed E-state index contributed by atoms with van der Waals surface area (Å²) in [6.07, 6.45) is 8.29. The highest BCUT2D eigenvalue weighted by Crippen LogP contribution is 2.38. The van der Waals surface area contributed by atoms with Gasteiger partial charge in [0.2, 0.25) is 0 Å². The van der Waals surface area contributed by atoms with Crippen molar-refractivity contribution in [3.8, 4) is 0 Å². The maximum Gasteiger partial charge on any atom is 0.0233 e. The van der Waals surface area contributed by atoms with Crippen LogP contribution >= 0.6 is 0 Å². The smallest absolute Gasteiger partial charge is 0.0233 e. The molecule has 0 amide bonds. The fourth-order valence-electron chi connectivity index (χ4n) is 3.91. The van der Waals surface area contributed by atoms with Crippen LogP contribution in [0.25, 0.3) is 0 Å². The molecule has 2 unspecified atom stereocenters. The van der Waals surface area contributed by atoms with Gasteiger partial charge in [-0.3, -0.25) is 4.90 Å². The molecule has 0 spiro atoms. The number of benzene rings is 1. The van der Waals surface area contributed by atoms with Gasteiger partial charge >= 0.3 is 0 Å². The lowest BCUT2D eigenvalue weighted by Crippen LogP contribution is -2.21. The third kappa shape index (κ3) is 3.20. The molecule has 1 aliphatic heterocycles. The molecule has 19 heavy (non-hydrogen) atoms. The van der Waals surface area contributed by atoms with Crippen molar-refractivity contribution in [3.63, 3.8) is 0 Å². The average molecular weight is 257 g/mol. The molecule has 1 heteroatoms. The Morgan fingerprint density at radius 1 is 1.00 bits per heavy atom. The first-order chi connectivity index (χ1) is 9.35. The first-order valence-electron chi connectivity index (χ1n) is 8.15. The summed E-state index contributed by atoms with van der Waals surface area (Å²) in [7, 11) is 0. The van der Waals surface area contributed by atoms with Gasteiger partial charge in [0.15, 0.2) is 0 Å². The van der Waals surface area contributed by atoms with Gasteiger partial charge in [0.05, 0.1) is 0 Å². The molecule has 0 N–H and O–H groups in total. The lowest BCUT2D eigenvalue weighted by Gasteiger charge is -2.17. The quantitative estimate of drug-likeness (QED) is 0.762. The van der Waals surface area contributed by atoms with Gasteiger partial charge in [-0.15, -0.1) is 0 Å². The van der Waals surface area contributed by atoms with E-state index in [0.717, 1.165) is 11.8 Å². The maximum atomic E-state index is 2.68. The minimum absolute atomic E-state index is 1.02. The van der Waals surface area contributed by atoms with Crippen LogP contribution in [0.4, 0.5) is 0 Å². The summed E-state index contributed by atoms with van der Waals surface area (Å²) >= 11 is 0. The Morgan fingerprint density at radius 3 is 2.26 bits per heavy atom. The van der Waals surface area contributed by atoms with E-state index in [1.54, 1.807) is 0 Å². The molecule has 1 nitrogen and oxygen atoms in total. The van der Waals surface area contributed by atoms with Crippen molar-refractivity contribution in [2.24, 2.45) is 11.8 Å². The van der Waals surface area contributed by atoms with Crippen molar-refractivity contribution >= 4 is 0 Å². The van der Waals surface area contributed by atoms with E-state index < -0.39 is 0 Å². The van der Waals surface area contributed by atoms with Crippen molar-refractivity contribution in [1.29, 1.82) is 0 Å². The first kappa shape index (κ1) is 13.2. The van der Waals surface area contributed by atoms with Gasteiger partial charge in [-0.1, -0.05) is 44.0 Å². The Labute approximate surface area is 118 Å². The highest BCUT2D eigenvalue weighted by atomic mass is 15.2. The van der Waals surface area contributed by atoms with E-state index in [-0.39, 0.29) is 0 Å². The third-order valence-electron chi connectivity index (χ3n) is 5.05. The fraction of sp³-hybridized carbons (Fsp3) is 0.667. The summed E-state index contributed by atoms with van der Waals surface area (Å²) in [4.78, 5) is 2.68. The minimum atomic E-state index is 1.02. The molecule has 2 aliphatic rings. The lowest BCUT2D eigenvalue weighted by atomic mass is 10.0. The van der Waals surface area contributed by atoms with E-state index in [9.17, 15) is 0 Å². The summed E-state index contributed by atoms with van der Waals surface area (Å²) in [5.41, 5.74) is 3.00. The van der Waals surface area contributed by atoms with E-state index in [1.807, 2.05) is 0 Å². The molecule has 2 atom stereocenters. The van der Waals surface area contributed by atoms with Gasteiger partial charge in [0, 0.05) is 19.6 Å². The molecule has 1 aromatic carbocycles. The molecule has 0 bridgehead atoms. The molecule has 0 aromatic heterocycles. The Bertz CT molecular complexity index is 383. The number of hydrogen-bond donors (Lipinski definition) is 0. The number of unbranched alkanes of at least 4 members (excludes halogenated alkanes) is 1. The van der Waals surface area contributed by atoms with Gasteiger partial charge < -0.3 is 0 Å². The van der Waals surface area contributed by atoms with Crippen LogP contribution in [0.1, 0.15) is 50.2 Å². The Kier molecular flexibility index (Phi) is 4.22. The molecule has 3 rings (SSSR count). The SMILES string of the molecule is CCCCc1ccc(CN2CC3CCCC3C2)cc1. The average Bonchev–Trinajstić information content (AvgIpc) is 2.99. The van der Waals surface area contributed by atoms with Gasteiger partial charge in [-0.25, -0.2) is 0 Å². The second kappa shape index (κ2) is 6.09. The van der Waals surface area contributed by atoms with Crippen LogP contribution in [-0.4, -0.2) is 18.0 Å². The van der Waals surface area contributed by atoms with Gasteiger partial charge in [0.25, 0.3) is 0 Å². The number of hydrogen-bond acceptors (Lipinski definition) is 1. The predicted octanol–water partition coefficient (Wildman–Crippen LogP) is 4.26. The predicted molar refractivity (Wildman–Crippen MR) is 81.2 cm³/mol. The van der Waals surface area contributed by atoms with E-state index in [2.05, 4.69) is 36.1 Å². The van der Waals surface area contributed by atoms with Gasteiger partial charge in [-0.2, -0.15) is 0 Å². The summed E-state index contributed by atoms with van der Waals surface area (Å²) < 4.78 is 0. The van der Waals surface area contributed by atoms with Crippen molar-refractivity contribution in [2.45, 2.75) is 52.0 Å². The molecule has 0 radical (unpaired) electrons. The zero-order valence-electron chi connectivity index (χ0n) is 12.3. The Balaban J connectivity index is 1.52. The molecular formula is C18H27N. The lowest BCUT2D eigenvalue weighted by molar-refractivity contribution is 0.303. The molecule has 2 fully saturated rings. The molecule has 104 valence electrons. The Hall–Kier alpha value is -0.820.